The van der Waals surface area contributed by atoms with Crippen LogP contribution < -0.4 is 0 Å². The normalized spacial score (nSPS) is 28.5. The smallest absolute Gasteiger partial charge is 0.0793 e. The van der Waals surface area contributed by atoms with Crippen LogP contribution in [0.5, 0.6) is 0 Å². The molecule has 2 aliphatic rings. The molecule has 1 fully saturated rings. The molecule has 68 valence electrons. The Kier molecular flexibility index (Phi) is 1.37. The monoisotopic (exact) mass is 174 g/mol. The molecular weight excluding hydrogens is 160 g/mol. The molecule has 0 heterocycles. The highest BCUT2D eigenvalue weighted by atomic mass is 16.3. The molecule has 1 atom stereocenters. The Balaban J connectivity index is 2.16. The van der Waals surface area contributed by atoms with E-state index < -0.39 is 0 Å². The first kappa shape index (κ1) is 7.57. The molecule has 1 saturated carbocycles. The van der Waals surface area contributed by atoms with Crippen LogP contribution in [-0.4, -0.2) is 5.11 Å². The largest absolute Gasteiger partial charge is 0.388 e. The zero-order chi connectivity index (χ0) is 8.89. The number of hydrogen-bond acceptors (Lipinski definition) is 1. The van der Waals surface area contributed by atoms with Crippen LogP contribution in [0.4, 0.5) is 0 Å². The molecule has 0 aliphatic heterocycles. The maximum absolute atomic E-state index is 9.82. The molecule has 1 heteroatoms. The van der Waals surface area contributed by atoms with Gasteiger partial charge in [0.1, 0.15) is 0 Å². The molecule has 1 spiro atoms. The Labute approximate surface area is 78.4 Å². The zero-order valence-electron chi connectivity index (χ0n) is 7.66. The summed E-state index contributed by atoms with van der Waals surface area (Å²) in [7, 11) is 0. The van der Waals surface area contributed by atoms with Gasteiger partial charge in [-0.3, -0.25) is 0 Å². The van der Waals surface area contributed by atoms with Gasteiger partial charge in [-0.1, -0.05) is 24.3 Å². The molecule has 0 bridgehead atoms. The maximum Gasteiger partial charge on any atom is 0.0793 e. The van der Waals surface area contributed by atoms with Gasteiger partial charge in [-0.25, -0.2) is 0 Å². The highest BCUT2D eigenvalue weighted by molar-refractivity contribution is 5.41. The molecule has 3 rings (SSSR count). The fourth-order valence-corrected chi connectivity index (χ4v) is 2.64. The lowest BCUT2D eigenvalue weighted by Gasteiger charge is -2.28. The summed E-state index contributed by atoms with van der Waals surface area (Å²) in [6.45, 7) is 0. The van der Waals surface area contributed by atoms with E-state index in [9.17, 15) is 5.11 Å². The van der Waals surface area contributed by atoms with Crippen molar-refractivity contribution in [2.24, 2.45) is 0 Å². The van der Waals surface area contributed by atoms with Gasteiger partial charge in [0.25, 0.3) is 0 Å². The molecule has 0 saturated heterocycles. The average Bonchev–Trinajstić information content (AvgIpc) is 2.94. The first-order chi connectivity index (χ1) is 6.32. The third kappa shape index (κ3) is 0.969. The van der Waals surface area contributed by atoms with E-state index in [1.165, 1.54) is 30.4 Å². The summed E-state index contributed by atoms with van der Waals surface area (Å²) in [5.74, 6) is 0. The van der Waals surface area contributed by atoms with Crippen LogP contribution in [0.15, 0.2) is 24.3 Å². The third-order valence-electron chi connectivity index (χ3n) is 3.64. The van der Waals surface area contributed by atoms with Gasteiger partial charge in [0, 0.05) is 0 Å². The van der Waals surface area contributed by atoms with Crippen LogP contribution in [0.2, 0.25) is 0 Å². The molecule has 13 heavy (non-hydrogen) atoms. The molecule has 0 aromatic heterocycles. The number of fused-ring (bicyclic) bond motifs is 2. The van der Waals surface area contributed by atoms with Crippen LogP contribution in [0.25, 0.3) is 0 Å². The van der Waals surface area contributed by atoms with E-state index in [1.807, 2.05) is 6.07 Å². The molecule has 1 aromatic rings. The molecule has 0 unspecified atom stereocenters. The topological polar surface area (TPSA) is 20.2 Å². The summed E-state index contributed by atoms with van der Waals surface area (Å²) < 4.78 is 0. The van der Waals surface area contributed by atoms with Crippen LogP contribution in [-0.2, 0) is 5.41 Å². The van der Waals surface area contributed by atoms with Crippen molar-refractivity contribution in [1.82, 2.24) is 0 Å². The Morgan fingerprint density at radius 1 is 1.15 bits per heavy atom. The number of hydrogen-bond donors (Lipinski definition) is 1. The highest BCUT2D eigenvalue weighted by Crippen LogP contribution is 2.57. The van der Waals surface area contributed by atoms with Crippen LogP contribution >= 0.6 is 0 Å². The van der Waals surface area contributed by atoms with E-state index in [4.69, 9.17) is 0 Å². The van der Waals surface area contributed by atoms with Crippen molar-refractivity contribution >= 4 is 0 Å². The second-order valence-corrected chi connectivity index (χ2v) is 4.42. The quantitative estimate of drug-likeness (QED) is 0.641. The Morgan fingerprint density at radius 2 is 1.92 bits per heavy atom. The van der Waals surface area contributed by atoms with Crippen molar-refractivity contribution < 1.29 is 5.11 Å². The molecular formula is C12H14O. The fraction of sp³-hybridized carbons (Fsp3) is 0.500. The Hall–Kier alpha value is -0.820. The first-order valence-electron chi connectivity index (χ1n) is 5.09. The van der Waals surface area contributed by atoms with Crippen molar-refractivity contribution in [1.29, 1.82) is 0 Å². The third-order valence-corrected chi connectivity index (χ3v) is 3.64. The molecule has 0 radical (unpaired) electrons. The molecule has 0 amide bonds. The maximum atomic E-state index is 9.82. The summed E-state index contributed by atoms with van der Waals surface area (Å²) in [6.07, 6.45) is 4.60. The minimum atomic E-state index is -0.206. The second kappa shape index (κ2) is 2.36. The Bertz CT molecular complexity index is 339. The summed E-state index contributed by atoms with van der Waals surface area (Å²) in [5.41, 5.74) is 3.09. The van der Waals surface area contributed by atoms with Gasteiger partial charge in [0.05, 0.1) is 6.10 Å². The predicted molar refractivity (Wildman–Crippen MR) is 51.5 cm³/mol. The number of rotatable bonds is 0. The number of benzene rings is 1. The molecule has 1 N–H and O–H groups in total. The van der Waals surface area contributed by atoms with E-state index in [0.29, 0.717) is 5.41 Å². The van der Waals surface area contributed by atoms with Gasteiger partial charge in [-0.15, -0.1) is 0 Å². The van der Waals surface area contributed by atoms with Crippen molar-refractivity contribution in [3.8, 4) is 0 Å². The summed E-state index contributed by atoms with van der Waals surface area (Å²) in [6, 6.07) is 8.41. The lowest BCUT2D eigenvalue weighted by molar-refractivity contribution is 0.148. The fourth-order valence-electron chi connectivity index (χ4n) is 2.64. The molecule has 1 aromatic carbocycles. The van der Waals surface area contributed by atoms with Gasteiger partial charge < -0.3 is 5.11 Å². The number of aliphatic hydroxyl groups is 1. The van der Waals surface area contributed by atoms with Crippen molar-refractivity contribution in [3.05, 3.63) is 35.4 Å². The zero-order valence-corrected chi connectivity index (χ0v) is 7.66. The standard InChI is InChI=1S/C12H14O/c13-11-5-6-12(7-8-12)10-4-2-1-3-9(10)11/h1-4,11,13H,5-8H2/t11-/m1/s1. The average molecular weight is 174 g/mol. The Morgan fingerprint density at radius 3 is 2.69 bits per heavy atom. The first-order valence-corrected chi connectivity index (χ1v) is 5.09. The number of aliphatic hydroxyl groups excluding tert-OH is 1. The highest BCUT2D eigenvalue weighted by Gasteiger charge is 2.48. The minimum Gasteiger partial charge on any atom is -0.388 e. The van der Waals surface area contributed by atoms with E-state index in [1.54, 1.807) is 0 Å². The summed E-state index contributed by atoms with van der Waals surface area (Å²) in [5, 5.41) is 9.82. The SMILES string of the molecule is O[C@@H]1CCC2(CC2)c2ccccc21. The van der Waals surface area contributed by atoms with E-state index >= 15 is 0 Å². The second-order valence-electron chi connectivity index (χ2n) is 4.42. The van der Waals surface area contributed by atoms with Crippen molar-refractivity contribution in [3.63, 3.8) is 0 Å². The van der Waals surface area contributed by atoms with Gasteiger partial charge in [0.2, 0.25) is 0 Å². The van der Waals surface area contributed by atoms with Crippen molar-refractivity contribution in [2.45, 2.75) is 37.2 Å². The van der Waals surface area contributed by atoms with E-state index in [0.717, 1.165) is 6.42 Å². The van der Waals surface area contributed by atoms with Crippen LogP contribution in [0.1, 0.15) is 42.9 Å². The predicted octanol–water partition coefficient (Wildman–Crippen LogP) is 2.55. The molecule has 1 nitrogen and oxygen atoms in total. The summed E-state index contributed by atoms with van der Waals surface area (Å²) >= 11 is 0. The summed E-state index contributed by atoms with van der Waals surface area (Å²) in [4.78, 5) is 0. The lowest BCUT2D eigenvalue weighted by Crippen LogP contribution is -2.19. The molecule has 2 aliphatic carbocycles. The van der Waals surface area contributed by atoms with Gasteiger partial charge >= 0.3 is 0 Å². The van der Waals surface area contributed by atoms with Crippen LogP contribution in [0, 0.1) is 0 Å². The van der Waals surface area contributed by atoms with Gasteiger partial charge in [0.15, 0.2) is 0 Å². The van der Waals surface area contributed by atoms with Crippen molar-refractivity contribution in [2.75, 3.05) is 0 Å². The lowest BCUT2D eigenvalue weighted by atomic mass is 9.79. The van der Waals surface area contributed by atoms with E-state index in [-0.39, 0.29) is 6.10 Å². The van der Waals surface area contributed by atoms with E-state index in [2.05, 4.69) is 18.2 Å². The minimum absolute atomic E-state index is 0.206. The van der Waals surface area contributed by atoms with Crippen LogP contribution in [0.3, 0.4) is 0 Å². The van der Waals surface area contributed by atoms with Gasteiger partial charge in [-0.2, -0.15) is 0 Å². The van der Waals surface area contributed by atoms with Gasteiger partial charge in [-0.05, 0) is 42.2 Å².